The zero-order valence-electron chi connectivity index (χ0n) is 15.2. The van der Waals surface area contributed by atoms with Crippen molar-refractivity contribution in [2.45, 2.75) is 11.4 Å². The van der Waals surface area contributed by atoms with Crippen LogP contribution in [0.3, 0.4) is 0 Å². The molecule has 0 atom stereocenters. The molecule has 0 bridgehead atoms. The number of aryl methyl sites for hydroxylation is 1. The molecule has 1 aromatic carbocycles. The molecule has 0 aliphatic carbocycles. The van der Waals surface area contributed by atoms with Gasteiger partial charge in [0.05, 0.1) is 42.7 Å². The Morgan fingerprint density at radius 3 is 2.52 bits per heavy atom. The van der Waals surface area contributed by atoms with Gasteiger partial charge in [0.2, 0.25) is 10.0 Å². The summed E-state index contributed by atoms with van der Waals surface area (Å²) >= 11 is 0. The molecule has 0 amide bonds. The Balaban J connectivity index is 1.78. The Morgan fingerprint density at radius 2 is 1.85 bits per heavy atom. The van der Waals surface area contributed by atoms with E-state index in [9.17, 15) is 8.42 Å². The molecule has 3 aromatic rings. The Bertz CT molecular complexity index is 1030. The number of methoxy groups -OCH3 is 2. The van der Waals surface area contributed by atoms with Crippen LogP contribution in [0.25, 0.3) is 11.4 Å². The van der Waals surface area contributed by atoms with Gasteiger partial charge in [-0.3, -0.25) is 9.67 Å². The van der Waals surface area contributed by atoms with Gasteiger partial charge in [-0.15, -0.1) is 0 Å². The number of hydrogen-bond acceptors (Lipinski definition) is 6. The second-order valence-electron chi connectivity index (χ2n) is 5.70. The van der Waals surface area contributed by atoms with Crippen LogP contribution >= 0.6 is 0 Å². The molecule has 3 rings (SSSR count). The van der Waals surface area contributed by atoms with Crippen molar-refractivity contribution in [1.82, 2.24) is 19.5 Å². The first-order valence-electron chi connectivity index (χ1n) is 8.10. The molecule has 2 heterocycles. The summed E-state index contributed by atoms with van der Waals surface area (Å²) < 4.78 is 39.7. The van der Waals surface area contributed by atoms with Crippen LogP contribution in [0.2, 0.25) is 0 Å². The molecule has 9 heteroatoms. The number of nitrogens with one attached hydrogen (secondary N) is 1. The number of rotatable bonds is 7. The van der Waals surface area contributed by atoms with Crippen LogP contribution in [0.15, 0.2) is 53.6 Å². The average Bonchev–Trinajstić information content (AvgIpc) is 3.07. The first kappa shape index (κ1) is 18.9. The van der Waals surface area contributed by atoms with E-state index < -0.39 is 10.0 Å². The van der Waals surface area contributed by atoms with Crippen LogP contribution in [0.1, 0.15) is 5.69 Å². The van der Waals surface area contributed by atoms with Gasteiger partial charge in [-0.05, 0) is 30.3 Å². The summed E-state index contributed by atoms with van der Waals surface area (Å²) in [4.78, 5) is 4.37. The molecule has 0 saturated carbocycles. The molecule has 0 aliphatic heterocycles. The Labute approximate surface area is 157 Å². The molecule has 0 aliphatic rings. The van der Waals surface area contributed by atoms with Crippen molar-refractivity contribution in [3.63, 3.8) is 0 Å². The zero-order chi connectivity index (χ0) is 19.4. The summed E-state index contributed by atoms with van der Waals surface area (Å²) in [6, 6.07) is 11.8. The summed E-state index contributed by atoms with van der Waals surface area (Å²) in [5.41, 5.74) is 2.15. The first-order valence-corrected chi connectivity index (χ1v) is 9.59. The smallest absolute Gasteiger partial charge is 0.241 e. The van der Waals surface area contributed by atoms with E-state index in [1.807, 2.05) is 18.2 Å². The maximum Gasteiger partial charge on any atom is 0.241 e. The molecule has 0 spiro atoms. The molecule has 1 N–H and O–H groups in total. The number of aromatic nitrogens is 3. The topological polar surface area (TPSA) is 95.3 Å². The van der Waals surface area contributed by atoms with Crippen LogP contribution in [0.5, 0.6) is 11.5 Å². The first-order chi connectivity index (χ1) is 12.9. The van der Waals surface area contributed by atoms with E-state index in [1.165, 1.54) is 26.4 Å². The van der Waals surface area contributed by atoms with Gasteiger partial charge in [0.15, 0.2) is 11.5 Å². The lowest BCUT2D eigenvalue weighted by atomic mass is 10.2. The Kier molecular flexibility index (Phi) is 5.43. The minimum Gasteiger partial charge on any atom is -0.493 e. The number of hydrogen-bond donors (Lipinski definition) is 1. The highest BCUT2D eigenvalue weighted by atomic mass is 32.2. The van der Waals surface area contributed by atoms with Crippen LogP contribution in [0.4, 0.5) is 0 Å². The highest BCUT2D eigenvalue weighted by Gasteiger charge is 2.18. The van der Waals surface area contributed by atoms with E-state index in [-0.39, 0.29) is 11.4 Å². The van der Waals surface area contributed by atoms with E-state index in [4.69, 9.17) is 9.47 Å². The second-order valence-corrected chi connectivity index (χ2v) is 7.47. The summed E-state index contributed by atoms with van der Waals surface area (Å²) in [5.74, 6) is 0.803. The van der Waals surface area contributed by atoms with Gasteiger partial charge in [-0.2, -0.15) is 5.10 Å². The Hall–Kier alpha value is -2.91. The van der Waals surface area contributed by atoms with Gasteiger partial charge in [0, 0.05) is 19.3 Å². The number of nitrogens with zero attached hydrogens (tertiary/aromatic N) is 3. The fraction of sp³-hybridized carbons (Fsp3) is 0.222. The van der Waals surface area contributed by atoms with Gasteiger partial charge in [0.1, 0.15) is 0 Å². The quantitative estimate of drug-likeness (QED) is 0.665. The highest BCUT2D eigenvalue weighted by Crippen LogP contribution is 2.29. The molecular formula is C18H20N4O4S. The summed E-state index contributed by atoms with van der Waals surface area (Å²) in [5, 5.41) is 4.35. The van der Waals surface area contributed by atoms with E-state index in [2.05, 4.69) is 14.8 Å². The highest BCUT2D eigenvalue weighted by molar-refractivity contribution is 7.89. The molecular weight excluding hydrogens is 368 g/mol. The van der Waals surface area contributed by atoms with E-state index in [0.717, 1.165) is 11.4 Å². The standard InChI is InChI=1S/C18H20N4O4S/c1-22-16(15-6-4-5-9-19-15)10-13(21-22)12-20-27(23,24)14-7-8-17(25-2)18(11-14)26-3/h4-11,20H,12H2,1-3H3. The van der Waals surface area contributed by atoms with Crippen LogP contribution < -0.4 is 14.2 Å². The molecule has 142 valence electrons. The van der Waals surface area contributed by atoms with Gasteiger partial charge < -0.3 is 9.47 Å². The fourth-order valence-corrected chi connectivity index (χ4v) is 3.62. The van der Waals surface area contributed by atoms with Gasteiger partial charge in [-0.1, -0.05) is 6.07 Å². The molecule has 0 radical (unpaired) electrons. The van der Waals surface area contributed by atoms with Gasteiger partial charge in [-0.25, -0.2) is 13.1 Å². The number of benzene rings is 1. The molecule has 2 aromatic heterocycles. The largest absolute Gasteiger partial charge is 0.493 e. The molecule has 8 nitrogen and oxygen atoms in total. The monoisotopic (exact) mass is 388 g/mol. The SMILES string of the molecule is COc1ccc(S(=O)(=O)NCc2cc(-c3ccccn3)n(C)n2)cc1OC. The summed E-state index contributed by atoms with van der Waals surface area (Å²) in [6.07, 6.45) is 1.70. The van der Waals surface area contributed by atoms with Crippen LogP contribution in [-0.2, 0) is 23.6 Å². The predicted octanol–water partition coefficient (Wildman–Crippen LogP) is 1.98. The lowest BCUT2D eigenvalue weighted by molar-refractivity contribution is 0.354. The number of sulfonamides is 1. The van der Waals surface area contributed by atoms with E-state index in [0.29, 0.717) is 17.2 Å². The van der Waals surface area contributed by atoms with Crippen molar-refractivity contribution >= 4 is 10.0 Å². The molecule has 0 unspecified atom stereocenters. The summed E-state index contributed by atoms with van der Waals surface area (Å²) in [7, 11) is 0.997. The minimum absolute atomic E-state index is 0.0529. The minimum atomic E-state index is -3.73. The van der Waals surface area contributed by atoms with Crippen molar-refractivity contribution < 1.29 is 17.9 Å². The zero-order valence-corrected chi connectivity index (χ0v) is 16.0. The third-order valence-corrected chi connectivity index (χ3v) is 5.37. The van der Waals surface area contributed by atoms with Gasteiger partial charge in [0.25, 0.3) is 0 Å². The number of ether oxygens (including phenoxy) is 2. The van der Waals surface area contributed by atoms with E-state index >= 15 is 0 Å². The third kappa shape index (κ3) is 4.09. The summed E-state index contributed by atoms with van der Waals surface area (Å²) in [6.45, 7) is 0.0529. The fourth-order valence-electron chi connectivity index (χ4n) is 2.60. The number of pyridine rings is 1. The maximum atomic E-state index is 12.6. The van der Waals surface area contributed by atoms with Crippen molar-refractivity contribution in [2.75, 3.05) is 14.2 Å². The Morgan fingerprint density at radius 1 is 1.07 bits per heavy atom. The average molecular weight is 388 g/mol. The van der Waals surface area contributed by atoms with Crippen LogP contribution in [0, 0.1) is 0 Å². The van der Waals surface area contributed by atoms with Gasteiger partial charge >= 0.3 is 0 Å². The maximum absolute atomic E-state index is 12.6. The lowest BCUT2D eigenvalue weighted by Gasteiger charge is -2.10. The predicted molar refractivity (Wildman–Crippen MR) is 100 cm³/mol. The van der Waals surface area contributed by atoms with E-state index in [1.54, 1.807) is 30.1 Å². The van der Waals surface area contributed by atoms with Crippen molar-refractivity contribution in [3.05, 3.63) is 54.4 Å². The lowest BCUT2D eigenvalue weighted by Crippen LogP contribution is -2.23. The molecule has 0 fully saturated rings. The van der Waals surface area contributed by atoms with Crippen molar-refractivity contribution in [1.29, 1.82) is 0 Å². The third-order valence-electron chi connectivity index (χ3n) is 3.97. The second kappa shape index (κ2) is 7.77. The van der Waals surface area contributed by atoms with Crippen molar-refractivity contribution in [3.8, 4) is 22.9 Å². The van der Waals surface area contributed by atoms with Crippen molar-refractivity contribution in [2.24, 2.45) is 7.05 Å². The molecule has 0 saturated heterocycles. The van der Waals surface area contributed by atoms with Crippen LogP contribution in [-0.4, -0.2) is 37.4 Å². The molecule has 27 heavy (non-hydrogen) atoms. The normalized spacial score (nSPS) is 11.4.